The van der Waals surface area contributed by atoms with Gasteiger partial charge in [-0.15, -0.1) is 11.3 Å². The topological polar surface area (TPSA) is 50.2 Å². The van der Waals surface area contributed by atoms with Crippen LogP contribution in [0.2, 0.25) is 0 Å². The lowest BCUT2D eigenvalue weighted by molar-refractivity contribution is -0.136. The van der Waals surface area contributed by atoms with Gasteiger partial charge in [-0.1, -0.05) is 29.8 Å². The van der Waals surface area contributed by atoms with Gasteiger partial charge in [-0.3, -0.25) is 4.79 Å². The number of hydrogen-bond acceptors (Lipinski definition) is 3. The zero-order valence-corrected chi connectivity index (χ0v) is 11.5. The molecule has 1 saturated carbocycles. The van der Waals surface area contributed by atoms with Crippen molar-refractivity contribution in [3.05, 3.63) is 40.4 Å². The Balaban J connectivity index is 1.97. The van der Waals surface area contributed by atoms with E-state index in [1.54, 1.807) is 0 Å². The summed E-state index contributed by atoms with van der Waals surface area (Å²) in [5.41, 5.74) is 3.31. The second-order valence-electron chi connectivity index (χ2n) is 5.04. The van der Waals surface area contributed by atoms with Crippen LogP contribution in [-0.2, 0) is 11.2 Å². The van der Waals surface area contributed by atoms with Gasteiger partial charge in [-0.05, 0) is 19.8 Å². The Labute approximate surface area is 115 Å². The van der Waals surface area contributed by atoms with Crippen LogP contribution in [0.25, 0.3) is 10.6 Å². The van der Waals surface area contributed by atoms with Crippen LogP contribution in [0, 0.1) is 6.92 Å². The third-order valence-electron chi connectivity index (χ3n) is 3.30. The number of hydrogen-bond donors (Lipinski definition) is 1. The largest absolute Gasteiger partial charge is 0.481 e. The minimum atomic E-state index is -0.777. The highest BCUT2D eigenvalue weighted by Gasteiger charge is 2.30. The number of aromatic nitrogens is 1. The molecule has 3 nitrogen and oxygen atoms in total. The predicted molar refractivity (Wildman–Crippen MR) is 75.6 cm³/mol. The van der Waals surface area contributed by atoms with Crippen LogP contribution in [0.1, 0.15) is 34.9 Å². The Bertz CT molecular complexity index is 612. The maximum atomic E-state index is 10.9. The SMILES string of the molecule is Cc1ccc(-c2nc(C3CC3)c(CC(=O)O)s2)cc1. The van der Waals surface area contributed by atoms with Crippen LogP contribution >= 0.6 is 11.3 Å². The average molecular weight is 273 g/mol. The van der Waals surface area contributed by atoms with Gasteiger partial charge in [0, 0.05) is 16.4 Å². The molecule has 4 heteroatoms. The zero-order valence-electron chi connectivity index (χ0n) is 10.7. The van der Waals surface area contributed by atoms with E-state index in [1.807, 2.05) is 0 Å². The molecule has 0 spiro atoms. The first-order valence-electron chi connectivity index (χ1n) is 6.42. The fourth-order valence-corrected chi connectivity index (χ4v) is 3.27. The van der Waals surface area contributed by atoms with E-state index in [-0.39, 0.29) is 6.42 Å². The minimum Gasteiger partial charge on any atom is -0.481 e. The molecule has 19 heavy (non-hydrogen) atoms. The van der Waals surface area contributed by atoms with E-state index in [0.29, 0.717) is 5.92 Å². The molecule has 98 valence electrons. The van der Waals surface area contributed by atoms with Gasteiger partial charge in [0.2, 0.25) is 0 Å². The Morgan fingerprint density at radius 1 is 1.37 bits per heavy atom. The van der Waals surface area contributed by atoms with Gasteiger partial charge in [0.25, 0.3) is 0 Å². The molecule has 1 aliphatic rings. The number of carboxylic acid groups (broad SMARTS) is 1. The van der Waals surface area contributed by atoms with Crippen LogP contribution in [0.4, 0.5) is 0 Å². The van der Waals surface area contributed by atoms with Gasteiger partial charge in [-0.25, -0.2) is 4.98 Å². The quantitative estimate of drug-likeness (QED) is 0.925. The van der Waals surface area contributed by atoms with Gasteiger partial charge in [0.05, 0.1) is 12.1 Å². The lowest BCUT2D eigenvalue weighted by Gasteiger charge is -1.96. The number of aliphatic carboxylic acids is 1. The molecule has 0 unspecified atom stereocenters. The standard InChI is InChI=1S/C15H15NO2S/c1-9-2-4-11(5-3-9)15-16-14(10-6-7-10)12(19-15)8-13(17)18/h2-5,10H,6-8H2,1H3,(H,17,18). The summed E-state index contributed by atoms with van der Waals surface area (Å²) >= 11 is 1.52. The summed E-state index contributed by atoms with van der Waals surface area (Å²) in [6.45, 7) is 2.05. The normalized spacial score (nSPS) is 14.6. The molecule has 2 aromatic rings. The molecule has 0 amide bonds. The van der Waals surface area contributed by atoms with E-state index in [1.165, 1.54) is 16.9 Å². The number of aryl methyl sites for hydroxylation is 1. The fraction of sp³-hybridized carbons (Fsp3) is 0.333. The molecule has 0 aliphatic heterocycles. The highest BCUT2D eigenvalue weighted by Crippen LogP contribution is 2.44. The fourth-order valence-electron chi connectivity index (χ4n) is 2.12. The predicted octanol–water partition coefficient (Wildman–Crippen LogP) is 3.62. The Hall–Kier alpha value is -1.68. The molecular formula is C15H15NO2S. The van der Waals surface area contributed by atoms with E-state index in [2.05, 4.69) is 36.2 Å². The zero-order chi connectivity index (χ0) is 13.4. The molecule has 1 fully saturated rings. The van der Waals surface area contributed by atoms with Crippen LogP contribution in [0.3, 0.4) is 0 Å². The van der Waals surface area contributed by atoms with Gasteiger partial charge >= 0.3 is 5.97 Å². The smallest absolute Gasteiger partial charge is 0.308 e. The molecule has 1 aliphatic carbocycles. The summed E-state index contributed by atoms with van der Waals surface area (Å²) in [6, 6.07) is 8.22. The van der Waals surface area contributed by atoms with Gasteiger partial charge in [0.15, 0.2) is 0 Å². The molecule has 0 saturated heterocycles. The van der Waals surface area contributed by atoms with E-state index < -0.39 is 5.97 Å². The molecule has 1 aromatic heterocycles. The van der Waals surface area contributed by atoms with Crippen LogP contribution in [0.15, 0.2) is 24.3 Å². The van der Waals surface area contributed by atoms with Crippen molar-refractivity contribution in [2.45, 2.75) is 32.1 Å². The maximum Gasteiger partial charge on any atom is 0.308 e. The van der Waals surface area contributed by atoms with Crippen molar-refractivity contribution in [2.75, 3.05) is 0 Å². The number of nitrogens with zero attached hydrogens (tertiary/aromatic N) is 1. The molecule has 0 atom stereocenters. The van der Waals surface area contributed by atoms with Crippen LogP contribution in [-0.4, -0.2) is 16.1 Å². The lowest BCUT2D eigenvalue weighted by Crippen LogP contribution is -2.00. The number of benzene rings is 1. The van der Waals surface area contributed by atoms with Crippen molar-refractivity contribution in [1.29, 1.82) is 0 Å². The first-order valence-corrected chi connectivity index (χ1v) is 7.23. The van der Waals surface area contributed by atoms with Gasteiger partial charge in [0.1, 0.15) is 5.01 Å². The minimum absolute atomic E-state index is 0.0926. The number of rotatable bonds is 4. The second kappa shape index (κ2) is 4.78. The van der Waals surface area contributed by atoms with Crippen molar-refractivity contribution in [3.8, 4) is 10.6 Å². The molecule has 1 heterocycles. The third kappa shape index (κ3) is 2.68. The van der Waals surface area contributed by atoms with Crippen molar-refractivity contribution >= 4 is 17.3 Å². The van der Waals surface area contributed by atoms with E-state index >= 15 is 0 Å². The molecular weight excluding hydrogens is 258 g/mol. The molecule has 0 bridgehead atoms. The van der Waals surface area contributed by atoms with E-state index in [9.17, 15) is 4.79 Å². The van der Waals surface area contributed by atoms with Gasteiger partial charge < -0.3 is 5.11 Å². The molecule has 1 aromatic carbocycles. The highest BCUT2D eigenvalue weighted by molar-refractivity contribution is 7.15. The van der Waals surface area contributed by atoms with Crippen molar-refractivity contribution in [3.63, 3.8) is 0 Å². The summed E-state index contributed by atoms with van der Waals surface area (Å²) in [5.74, 6) is -0.286. The van der Waals surface area contributed by atoms with Crippen molar-refractivity contribution in [1.82, 2.24) is 4.98 Å². The summed E-state index contributed by atoms with van der Waals surface area (Å²) in [7, 11) is 0. The Morgan fingerprint density at radius 3 is 2.63 bits per heavy atom. The summed E-state index contributed by atoms with van der Waals surface area (Å²) in [5, 5.41) is 9.93. The van der Waals surface area contributed by atoms with Crippen LogP contribution < -0.4 is 0 Å². The monoisotopic (exact) mass is 273 g/mol. The van der Waals surface area contributed by atoms with Crippen molar-refractivity contribution < 1.29 is 9.90 Å². The molecule has 0 radical (unpaired) electrons. The third-order valence-corrected chi connectivity index (χ3v) is 4.42. The van der Waals surface area contributed by atoms with Crippen molar-refractivity contribution in [2.24, 2.45) is 0 Å². The first-order chi connectivity index (χ1) is 9.13. The molecule has 1 N–H and O–H groups in total. The Kier molecular flexibility index (Phi) is 3.11. The van der Waals surface area contributed by atoms with E-state index in [0.717, 1.165) is 34.0 Å². The van der Waals surface area contributed by atoms with Gasteiger partial charge in [-0.2, -0.15) is 0 Å². The van der Waals surface area contributed by atoms with Crippen LogP contribution in [0.5, 0.6) is 0 Å². The summed E-state index contributed by atoms with van der Waals surface area (Å²) < 4.78 is 0. The summed E-state index contributed by atoms with van der Waals surface area (Å²) in [6.07, 6.45) is 2.38. The summed E-state index contributed by atoms with van der Waals surface area (Å²) in [4.78, 5) is 16.5. The van der Waals surface area contributed by atoms with E-state index in [4.69, 9.17) is 5.11 Å². The lowest BCUT2D eigenvalue weighted by atomic mass is 10.1. The number of carboxylic acids is 1. The first kappa shape index (κ1) is 12.4. The maximum absolute atomic E-state index is 10.9. The second-order valence-corrected chi connectivity index (χ2v) is 6.12. The molecule has 3 rings (SSSR count). The number of thiazole rings is 1. The highest BCUT2D eigenvalue weighted by atomic mass is 32.1. The number of carbonyl (C=O) groups is 1. The average Bonchev–Trinajstić information content (AvgIpc) is 3.12. The Morgan fingerprint density at radius 2 is 2.05 bits per heavy atom.